The first kappa shape index (κ1) is 26.9. The van der Waals surface area contributed by atoms with Crippen LogP contribution < -0.4 is 9.64 Å². The molecule has 2 fully saturated rings. The first-order valence-corrected chi connectivity index (χ1v) is 15.7. The zero-order chi connectivity index (χ0) is 26.8. The van der Waals surface area contributed by atoms with Crippen molar-refractivity contribution in [2.45, 2.75) is 59.0 Å². The first-order valence-electron chi connectivity index (χ1n) is 14.0. The standard InChI is InChI=1S/C30H33FN2O2S.C2H6/c1-19-26(6-8-30(32-19)33-11-9-20(10-12-33)18-36(2)34)21-3-7-29(31)24(13-21)17-35-25-4-5-27-22(15-25)14-23-16-28(23)27;1-2/h3-8,13,15,20,23,28H,9-12,14,16-18H2,1-2H3;1-2H3. The molecule has 2 aromatic carbocycles. The summed E-state index contributed by atoms with van der Waals surface area (Å²) in [4.78, 5) is 7.20. The number of rotatable bonds is 7. The Morgan fingerprint density at radius 1 is 1.08 bits per heavy atom. The number of aromatic nitrogens is 1. The number of fused-ring (bicyclic) bond motifs is 3. The van der Waals surface area contributed by atoms with Crippen LogP contribution in [0.1, 0.15) is 61.4 Å². The predicted octanol–water partition coefficient (Wildman–Crippen LogP) is 7.06. The van der Waals surface area contributed by atoms with Crippen molar-refractivity contribution in [2.24, 2.45) is 11.8 Å². The van der Waals surface area contributed by atoms with E-state index in [0.29, 0.717) is 11.5 Å². The third kappa shape index (κ3) is 5.80. The molecule has 1 saturated heterocycles. The van der Waals surface area contributed by atoms with E-state index in [1.165, 1.54) is 23.6 Å². The fourth-order valence-electron chi connectivity index (χ4n) is 6.05. The van der Waals surface area contributed by atoms with Gasteiger partial charge >= 0.3 is 0 Å². The van der Waals surface area contributed by atoms with Crippen LogP contribution in [-0.2, 0) is 23.8 Å². The van der Waals surface area contributed by atoms with Crippen molar-refractivity contribution in [1.29, 1.82) is 0 Å². The van der Waals surface area contributed by atoms with Gasteiger partial charge in [-0.25, -0.2) is 9.37 Å². The molecular formula is C32H39FN2O2S. The van der Waals surface area contributed by atoms with E-state index in [9.17, 15) is 8.60 Å². The summed E-state index contributed by atoms with van der Waals surface area (Å²) in [6.07, 6.45) is 6.38. The molecule has 2 aliphatic carbocycles. The van der Waals surface area contributed by atoms with Gasteiger partial charge in [0.05, 0.1) is 0 Å². The van der Waals surface area contributed by atoms with Crippen LogP contribution in [0.2, 0.25) is 0 Å². The van der Waals surface area contributed by atoms with E-state index in [-0.39, 0.29) is 12.4 Å². The average molecular weight is 535 g/mol. The fraction of sp³-hybridized carbons (Fsp3) is 0.469. The van der Waals surface area contributed by atoms with Crippen LogP contribution >= 0.6 is 0 Å². The molecule has 1 aliphatic heterocycles. The Bertz CT molecular complexity index is 1320. The van der Waals surface area contributed by atoms with E-state index in [1.807, 2.05) is 39.0 Å². The van der Waals surface area contributed by atoms with Gasteiger partial charge in [-0.15, -0.1) is 0 Å². The summed E-state index contributed by atoms with van der Waals surface area (Å²) in [5, 5.41) is 0. The van der Waals surface area contributed by atoms with Gasteiger partial charge in [-0.2, -0.15) is 0 Å². The summed E-state index contributed by atoms with van der Waals surface area (Å²) in [7, 11) is -0.733. The highest BCUT2D eigenvalue weighted by atomic mass is 32.2. The largest absolute Gasteiger partial charge is 0.489 e. The van der Waals surface area contributed by atoms with Crippen LogP contribution in [0.5, 0.6) is 5.75 Å². The van der Waals surface area contributed by atoms with Gasteiger partial charge in [-0.05, 0) is 103 Å². The molecule has 1 aromatic heterocycles. The second-order valence-electron chi connectivity index (χ2n) is 10.7. The molecule has 2 heterocycles. The predicted molar refractivity (Wildman–Crippen MR) is 155 cm³/mol. The van der Waals surface area contributed by atoms with Gasteiger partial charge in [0, 0.05) is 52.7 Å². The maximum Gasteiger partial charge on any atom is 0.129 e. The van der Waals surface area contributed by atoms with E-state index < -0.39 is 10.8 Å². The van der Waals surface area contributed by atoms with Crippen LogP contribution in [-0.4, -0.2) is 34.3 Å². The van der Waals surface area contributed by atoms with Crippen molar-refractivity contribution in [1.82, 2.24) is 4.98 Å². The van der Waals surface area contributed by atoms with E-state index >= 15 is 0 Å². The molecule has 3 unspecified atom stereocenters. The van der Waals surface area contributed by atoms with Gasteiger partial charge in [-0.3, -0.25) is 4.21 Å². The lowest BCUT2D eigenvalue weighted by Crippen LogP contribution is -2.35. The van der Waals surface area contributed by atoms with E-state index in [2.05, 4.69) is 29.2 Å². The summed E-state index contributed by atoms with van der Waals surface area (Å²) >= 11 is 0. The number of halogens is 1. The Hall–Kier alpha value is -2.73. The molecule has 0 amide bonds. The summed E-state index contributed by atoms with van der Waals surface area (Å²) in [6.45, 7) is 8.10. The molecule has 38 heavy (non-hydrogen) atoms. The maximum atomic E-state index is 14.7. The number of hydrogen-bond acceptors (Lipinski definition) is 4. The van der Waals surface area contributed by atoms with Gasteiger partial charge in [0.1, 0.15) is 24.0 Å². The van der Waals surface area contributed by atoms with Crippen molar-refractivity contribution in [3.05, 3.63) is 76.7 Å². The van der Waals surface area contributed by atoms with Crippen molar-refractivity contribution < 1.29 is 13.3 Å². The van der Waals surface area contributed by atoms with Crippen molar-refractivity contribution in [2.75, 3.05) is 30.0 Å². The Morgan fingerprint density at radius 2 is 1.87 bits per heavy atom. The lowest BCUT2D eigenvalue weighted by atomic mass is 9.98. The highest BCUT2D eigenvalue weighted by Crippen LogP contribution is 2.56. The maximum absolute atomic E-state index is 14.7. The van der Waals surface area contributed by atoms with Crippen LogP contribution in [0.15, 0.2) is 48.5 Å². The van der Waals surface area contributed by atoms with E-state index in [4.69, 9.17) is 9.72 Å². The third-order valence-corrected chi connectivity index (χ3v) is 9.09. The molecule has 3 aromatic rings. The lowest BCUT2D eigenvalue weighted by molar-refractivity contribution is 0.299. The molecule has 1 saturated carbocycles. The normalized spacial score (nSPS) is 20.7. The number of benzene rings is 2. The second-order valence-corrected chi connectivity index (χ2v) is 12.2. The van der Waals surface area contributed by atoms with Crippen LogP contribution in [0.25, 0.3) is 11.1 Å². The molecule has 3 atom stereocenters. The van der Waals surface area contributed by atoms with Gasteiger partial charge in [0.2, 0.25) is 0 Å². The average Bonchev–Trinajstić information content (AvgIpc) is 3.60. The van der Waals surface area contributed by atoms with Crippen molar-refractivity contribution in [3.8, 4) is 16.9 Å². The summed E-state index contributed by atoms with van der Waals surface area (Å²) in [6, 6.07) is 15.8. The second kappa shape index (κ2) is 11.6. The minimum Gasteiger partial charge on any atom is -0.489 e. The molecule has 6 rings (SSSR count). The minimum absolute atomic E-state index is 0.202. The number of hydrogen-bond donors (Lipinski definition) is 0. The van der Waals surface area contributed by atoms with E-state index in [1.54, 1.807) is 6.26 Å². The first-order chi connectivity index (χ1) is 18.4. The zero-order valence-electron chi connectivity index (χ0n) is 23.0. The van der Waals surface area contributed by atoms with Crippen LogP contribution in [0.4, 0.5) is 10.2 Å². The molecule has 0 radical (unpaired) electrons. The van der Waals surface area contributed by atoms with Crippen molar-refractivity contribution >= 4 is 16.6 Å². The Kier molecular flexibility index (Phi) is 8.18. The number of pyridine rings is 1. The van der Waals surface area contributed by atoms with E-state index in [0.717, 1.165) is 78.3 Å². The molecule has 0 bridgehead atoms. The molecule has 3 aliphatic rings. The molecule has 0 N–H and O–H groups in total. The highest BCUT2D eigenvalue weighted by Gasteiger charge is 2.44. The van der Waals surface area contributed by atoms with Gasteiger partial charge in [0.15, 0.2) is 0 Å². The Balaban J connectivity index is 0.00000144. The van der Waals surface area contributed by atoms with Gasteiger partial charge in [0.25, 0.3) is 0 Å². The summed E-state index contributed by atoms with van der Waals surface area (Å²) < 4.78 is 32.2. The highest BCUT2D eigenvalue weighted by molar-refractivity contribution is 7.84. The third-order valence-electron chi connectivity index (χ3n) is 8.15. The number of anilines is 1. The number of nitrogens with zero attached hydrogens (tertiary/aromatic N) is 2. The monoisotopic (exact) mass is 534 g/mol. The smallest absolute Gasteiger partial charge is 0.129 e. The fourth-order valence-corrected chi connectivity index (χ4v) is 7.05. The zero-order valence-corrected chi connectivity index (χ0v) is 23.8. The quantitative estimate of drug-likeness (QED) is 0.326. The molecule has 202 valence electrons. The number of piperidine rings is 1. The Labute approximate surface area is 229 Å². The number of aryl methyl sites for hydroxylation is 1. The van der Waals surface area contributed by atoms with Gasteiger partial charge < -0.3 is 9.64 Å². The molecular weight excluding hydrogens is 495 g/mol. The summed E-state index contributed by atoms with van der Waals surface area (Å²) in [5.41, 5.74) is 6.32. The van der Waals surface area contributed by atoms with Crippen molar-refractivity contribution in [3.63, 3.8) is 0 Å². The molecule has 4 nitrogen and oxygen atoms in total. The van der Waals surface area contributed by atoms with Gasteiger partial charge in [-0.1, -0.05) is 26.0 Å². The topological polar surface area (TPSA) is 42.4 Å². The lowest BCUT2D eigenvalue weighted by Gasteiger charge is -2.32. The minimum atomic E-state index is -0.733. The van der Waals surface area contributed by atoms with Crippen LogP contribution in [0, 0.1) is 24.6 Å². The molecule has 6 heteroatoms. The molecule has 0 spiro atoms. The summed E-state index contributed by atoms with van der Waals surface area (Å²) in [5.74, 6) is 4.49. The van der Waals surface area contributed by atoms with Crippen LogP contribution in [0.3, 0.4) is 0 Å². The SMILES string of the molecule is CC.Cc1nc(N2CCC(CS(C)=O)CC2)ccc1-c1ccc(F)c(COc2ccc3c(c2)CC2CC32)c1. The Morgan fingerprint density at radius 3 is 2.61 bits per heavy atom. The number of ether oxygens (including phenoxy) is 1.